The highest BCUT2D eigenvalue weighted by atomic mass is 127. The molecule has 0 aliphatic heterocycles. The molecule has 0 atom stereocenters. The van der Waals surface area contributed by atoms with Crippen LogP contribution in [0.25, 0.3) is 0 Å². The van der Waals surface area contributed by atoms with Gasteiger partial charge in [0.05, 0.1) is 10.2 Å². The standard InChI is InChI=1S/C13H13IN2O2/c1-17-7-6-10-2-4-11(5-3-10)18-13-12(14)8-15-9-16-13/h2-5,8-9H,6-7H2,1H3. The van der Waals surface area contributed by atoms with Gasteiger partial charge in [-0.2, -0.15) is 0 Å². The molecule has 4 nitrogen and oxygen atoms in total. The largest absolute Gasteiger partial charge is 0.438 e. The van der Waals surface area contributed by atoms with E-state index in [0.717, 1.165) is 22.3 Å². The molecule has 5 heteroatoms. The maximum Gasteiger partial charge on any atom is 0.235 e. The maximum absolute atomic E-state index is 5.68. The van der Waals surface area contributed by atoms with Gasteiger partial charge in [-0.3, -0.25) is 0 Å². The number of benzene rings is 1. The molecule has 0 aliphatic carbocycles. The second kappa shape index (κ2) is 6.65. The van der Waals surface area contributed by atoms with Gasteiger partial charge in [-0.25, -0.2) is 9.97 Å². The van der Waals surface area contributed by atoms with Crippen LogP contribution in [0.3, 0.4) is 0 Å². The summed E-state index contributed by atoms with van der Waals surface area (Å²) < 4.78 is 11.6. The Kier molecular flexibility index (Phi) is 4.89. The van der Waals surface area contributed by atoms with Gasteiger partial charge in [0.25, 0.3) is 0 Å². The average Bonchev–Trinajstić information content (AvgIpc) is 2.41. The van der Waals surface area contributed by atoms with Crippen LogP contribution < -0.4 is 4.74 Å². The molecule has 0 saturated heterocycles. The Hall–Kier alpha value is -1.21. The minimum absolute atomic E-state index is 0.579. The van der Waals surface area contributed by atoms with Crippen LogP contribution in [0.2, 0.25) is 0 Å². The fraction of sp³-hybridized carbons (Fsp3) is 0.231. The minimum Gasteiger partial charge on any atom is -0.438 e. The quantitative estimate of drug-likeness (QED) is 0.773. The summed E-state index contributed by atoms with van der Waals surface area (Å²) in [7, 11) is 1.70. The SMILES string of the molecule is COCCc1ccc(Oc2ncncc2I)cc1. The van der Waals surface area contributed by atoms with Gasteiger partial charge in [-0.1, -0.05) is 12.1 Å². The third-order valence-corrected chi connectivity index (χ3v) is 3.11. The van der Waals surface area contributed by atoms with E-state index in [-0.39, 0.29) is 0 Å². The van der Waals surface area contributed by atoms with Crippen LogP contribution in [0.5, 0.6) is 11.6 Å². The fourth-order valence-corrected chi connectivity index (χ4v) is 1.84. The van der Waals surface area contributed by atoms with Crippen LogP contribution in [-0.4, -0.2) is 23.7 Å². The van der Waals surface area contributed by atoms with Crippen molar-refractivity contribution in [2.45, 2.75) is 6.42 Å². The Morgan fingerprint density at radius 1 is 1.22 bits per heavy atom. The molecular weight excluding hydrogens is 343 g/mol. The number of aromatic nitrogens is 2. The second-order valence-electron chi connectivity index (χ2n) is 3.66. The van der Waals surface area contributed by atoms with Crippen molar-refractivity contribution in [3.8, 4) is 11.6 Å². The molecule has 0 aliphatic rings. The Morgan fingerprint density at radius 2 is 2.00 bits per heavy atom. The summed E-state index contributed by atoms with van der Waals surface area (Å²) in [6.07, 6.45) is 4.10. The molecule has 0 unspecified atom stereocenters. The van der Waals surface area contributed by atoms with E-state index in [9.17, 15) is 0 Å². The van der Waals surface area contributed by atoms with Gasteiger partial charge in [0.2, 0.25) is 5.88 Å². The van der Waals surface area contributed by atoms with Gasteiger partial charge in [-0.15, -0.1) is 0 Å². The zero-order valence-electron chi connectivity index (χ0n) is 9.97. The number of hydrogen-bond acceptors (Lipinski definition) is 4. The molecule has 0 radical (unpaired) electrons. The Bertz CT molecular complexity index is 503. The third kappa shape index (κ3) is 3.64. The summed E-state index contributed by atoms with van der Waals surface area (Å²) in [6, 6.07) is 7.93. The molecular formula is C13H13IN2O2. The van der Waals surface area contributed by atoms with Crippen molar-refractivity contribution in [2.24, 2.45) is 0 Å². The summed E-state index contributed by atoms with van der Waals surface area (Å²) in [5, 5.41) is 0. The first-order chi connectivity index (χ1) is 8.79. The molecule has 1 aromatic carbocycles. The van der Waals surface area contributed by atoms with Gasteiger partial charge >= 0.3 is 0 Å². The minimum atomic E-state index is 0.579. The highest BCUT2D eigenvalue weighted by Gasteiger charge is 2.03. The molecule has 0 spiro atoms. The summed E-state index contributed by atoms with van der Waals surface area (Å²) in [5.41, 5.74) is 1.22. The lowest BCUT2D eigenvalue weighted by molar-refractivity contribution is 0.202. The summed E-state index contributed by atoms with van der Waals surface area (Å²) in [6.45, 7) is 0.726. The van der Waals surface area contributed by atoms with Crippen LogP contribution in [-0.2, 0) is 11.2 Å². The van der Waals surface area contributed by atoms with Gasteiger partial charge in [0.1, 0.15) is 12.1 Å². The van der Waals surface area contributed by atoms with Crippen LogP contribution in [0, 0.1) is 3.57 Å². The molecule has 1 aromatic heterocycles. The predicted octanol–water partition coefficient (Wildman–Crippen LogP) is 3.06. The molecule has 18 heavy (non-hydrogen) atoms. The lowest BCUT2D eigenvalue weighted by atomic mass is 10.1. The number of methoxy groups -OCH3 is 1. The lowest BCUT2D eigenvalue weighted by Gasteiger charge is -2.06. The zero-order chi connectivity index (χ0) is 12.8. The number of hydrogen-bond donors (Lipinski definition) is 0. The van der Waals surface area contributed by atoms with Gasteiger partial charge < -0.3 is 9.47 Å². The van der Waals surface area contributed by atoms with E-state index in [0.29, 0.717) is 5.88 Å². The third-order valence-electron chi connectivity index (χ3n) is 2.37. The van der Waals surface area contributed by atoms with Crippen molar-refractivity contribution in [1.82, 2.24) is 9.97 Å². The van der Waals surface area contributed by atoms with Crippen LogP contribution in [0.4, 0.5) is 0 Å². The van der Waals surface area contributed by atoms with Crippen LogP contribution >= 0.6 is 22.6 Å². The molecule has 0 N–H and O–H groups in total. The first kappa shape index (κ1) is 13.2. The molecule has 0 fully saturated rings. The number of nitrogens with zero attached hydrogens (tertiary/aromatic N) is 2. The van der Waals surface area contributed by atoms with Crippen LogP contribution in [0.1, 0.15) is 5.56 Å². The Balaban J connectivity index is 2.04. The smallest absolute Gasteiger partial charge is 0.235 e. The molecule has 2 aromatic rings. The second-order valence-corrected chi connectivity index (χ2v) is 4.83. The molecule has 2 rings (SSSR count). The Morgan fingerprint density at radius 3 is 2.67 bits per heavy atom. The van der Waals surface area contributed by atoms with E-state index in [1.807, 2.05) is 24.3 Å². The molecule has 94 valence electrons. The normalized spacial score (nSPS) is 10.3. The van der Waals surface area contributed by atoms with Gasteiger partial charge in [-0.05, 0) is 46.7 Å². The molecule has 0 saturated carbocycles. The van der Waals surface area contributed by atoms with Crippen molar-refractivity contribution >= 4 is 22.6 Å². The van der Waals surface area contributed by atoms with E-state index in [2.05, 4.69) is 32.6 Å². The van der Waals surface area contributed by atoms with Crippen molar-refractivity contribution in [3.05, 3.63) is 45.9 Å². The zero-order valence-corrected chi connectivity index (χ0v) is 12.1. The predicted molar refractivity (Wildman–Crippen MR) is 76.8 cm³/mol. The van der Waals surface area contributed by atoms with E-state index in [1.54, 1.807) is 13.3 Å². The summed E-state index contributed by atoms with van der Waals surface area (Å²) >= 11 is 2.15. The highest BCUT2D eigenvalue weighted by Crippen LogP contribution is 2.23. The first-order valence-electron chi connectivity index (χ1n) is 5.51. The van der Waals surface area contributed by atoms with Crippen molar-refractivity contribution in [1.29, 1.82) is 0 Å². The summed E-state index contributed by atoms with van der Waals surface area (Å²) in [4.78, 5) is 8.01. The van der Waals surface area contributed by atoms with Crippen molar-refractivity contribution in [3.63, 3.8) is 0 Å². The molecule has 0 bridgehead atoms. The number of halogens is 1. The monoisotopic (exact) mass is 356 g/mol. The lowest BCUT2D eigenvalue weighted by Crippen LogP contribution is -1.95. The van der Waals surface area contributed by atoms with Crippen molar-refractivity contribution < 1.29 is 9.47 Å². The van der Waals surface area contributed by atoms with Crippen molar-refractivity contribution in [2.75, 3.05) is 13.7 Å². The topological polar surface area (TPSA) is 44.2 Å². The Labute approximate surface area is 120 Å². The van der Waals surface area contributed by atoms with Gasteiger partial charge in [0, 0.05) is 13.3 Å². The molecule has 0 amide bonds. The van der Waals surface area contributed by atoms with Crippen LogP contribution in [0.15, 0.2) is 36.8 Å². The average molecular weight is 356 g/mol. The molecule has 1 heterocycles. The fourth-order valence-electron chi connectivity index (χ4n) is 1.43. The van der Waals surface area contributed by atoms with E-state index >= 15 is 0 Å². The highest BCUT2D eigenvalue weighted by molar-refractivity contribution is 14.1. The number of rotatable bonds is 5. The van der Waals surface area contributed by atoms with E-state index < -0.39 is 0 Å². The van der Waals surface area contributed by atoms with E-state index in [1.165, 1.54) is 11.9 Å². The van der Waals surface area contributed by atoms with E-state index in [4.69, 9.17) is 9.47 Å². The van der Waals surface area contributed by atoms with Gasteiger partial charge in [0.15, 0.2) is 0 Å². The first-order valence-corrected chi connectivity index (χ1v) is 6.58. The maximum atomic E-state index is 5.68. The summed E-state index contributed by atoms with van der Waals surface area (Å²) in [5.74, 6) is 1.35. The number of ether oxygens (including phenoxy) is 2.